The van der Waals surface area contributed by atoms with Crippen LogP contribution in [0.25, 0.3) is 11.0 Å². The molecule has 0 unspecified atom stereocenters. The molecule has 1 aromatic heterocycles. The monoisotopic (exact) mass is 246 g/mol. The van der Waals surface area contributed by atoms with Gasteiger partial charge in [0.25, 0.3) is 5.91 Å². The first-order chi connectivity index (χ1) is 8.41. The van der Waals surface area contributed by atoms with Gasteiger partial charge in [0.2, 0.25) is 0 Å². The van der Waals surface area contributed by atoms with Gasteiger partial charge in [0.1, 0.15) is 11.1 Å². The number of primary amides is 1. The number of benzene rings is 1. The SMILES string of the molecule is Cc1c(C(N)=O)c(=O)oc2cc(N(C)C)ccc12. The van der Waals surface area contributed by atoms with Crippen molar-refractivity contribution in [3.05, 3.63) is 39.7 Å². The Kier molecular flexibility index (Phi) is 2.82. The quantitative estimate of drug-likeness (QED) is 0.809. The van der Waals surface area contributed by atoms with Crippen LogP contribution in [0.4, 0.5) is 5.69 Å². The Labute approximate surface area is 104 Å². The zero-order chi connectivity index (χ0) is 13.4. The topological polar surface area (TPSA) is 76.5 Å². The molecule has 2 rings (SSSR count). The minimum absolute atomic E-state index is 0.0832. The van der Waals surface area contributed by atoms with Crippen molar-refractivity contribution >= 4 is 22.6 Å². The van der Waals surface area contributed by atoms with E-state index in [1.54, 1.807) is 13.0 Å². The van der Waals surface area contributed by atoms with Crippen molar-refractivity contribution in [1.82, 2.24) is 0 Å². The van der Waals surface area contributed by atoms with Crippen molar-refractivity contribution in [3.8, 4) is 0 Å². The second-order valence-electron chi connectivity index (χ2n) is 4.33. The second kappa shape index (κ2) is 4.18. The number of hydrogen-bond donors (Lipinski definition) is 1. The molecule has 0 atom stereocenters. The number of hydrogen-bond acceptors (Lipinski definition) is 4. The first-order valence-electron chi connectivity index (χ1n) is 5.46. The summed E-state index contributed by atoms with van der Waals surface area (Å²) < 4.78 is 5.14. The van der Waals surface area contributed by atoms with E-state index >= 15 is 0 Å². The largest absolute Gasteiger partial charge is 0.422 e. The summed E-state index contributed by atoms with van der Waals surface area (Å²) in [5.41, 5.74) is 6.32. The molecule has 0 fully saturated rings. The van der Waals surface area contributed by atoms with Gasteiger partial charge in [-0.3, -0.25) is 4.79 Å². The van der Waals surface area contributed by atoms with Gasteiger partial charge in [-0.2, -0.15) is 0 Å². The Morgan fingerprint density at radius 3 is 2.56 bits per heavy atom. The number of aryl methyl sites for hydroxylation is 1. The first kappa shape index (κ1) is 12.2. The first-order valence-corrected chi connectivity index (χ1v) is 5.46. The van der Waals surface area contributed by atoms with Crippen LogP contribution in [0.1, 0.15) is 15.9 Å². The number of carbonyl (C=O) groups is 1. The number of anilines is 1. The van der Waals surface area contributed by atoms with E-state index in [0.29, 0.717) is 16.5 Å². The van der Waals surface area contributed by atoms with Crippen LogP contribution >= 0.6 is 0 Å². The summed E-state index contributed by atoms with van der Waals surface area (Å²) in [6.45, 7) is 1.69. The van der Waals surface area contributed by atoms with E-state index in [1.165, 1.54) is 0 Å². The Morgan fingerprint density at radius 1 is 1.33 bits per heavy atom. The predicted molar refractivity (Wildman–Crippen MR) is 70.1 cm³/mol. The van der Waals surface area contributed by atoms with Gasteiger partial charge in [0, 0.05) is 31.2 Å². The molecule has 1 aromatic carbocycles. The van der Waals surface area contributed by atoms with E-state index in [1.807, 2.05) is 31.1 Å². The van der Waals surface area contributed by atoms with Crippen molar-refractivity contribution in [2.45, 2.75) is 6.92 Å². The van der Waals surface area contributed by atoms with Gasteiger partial charge in [0.15, 0.2) is 0 Å². The van der Waals surface area contributed by atoms with E-state index in [9.17, 15) is 9.59 Å². The summed E-state index contributed by atoms with van der Waals surface area (Å²) >= 11 is 0. The predicted octanol–water partition coefficient (Wildman–Crippen LogP) is 1.27. The van der Waals surface area contributed by atoms with Gasteiger partial charge in [-0.1, -0.05) is 0 Å². The van der Waals surface area contributed by atoms with Crippen molar-refractivity contribution < 1.29 is 9.21 Å². The molecule has 94 valence electrons. The number of nitrogens with zero attached hydrogens (tertiary/aromatic N) is 1. The zero-order valence-electron chi connectivity index (χ0n) is 10.5. The van der Waals surface area contributed by atoms with Crippen molar-refractivity contribution in [3.63, 3.8) is 0 Å². The lowest BCUT2D eigenvalue weighted by Gasteiger charge is -2.13. The van der Waals surface area contributed by atoms with Crippen LogP contribution in [0.15, 0.2) is 27.4 Å². The van der Waals surface area contributed by atoms with Gasteiger partial charge in [0.05, 0.1) is 0 Å². The molecule has 2 aromatic rings. The standard InChI is InChI=1S/C13H14N2O3/c1-7-9-5-4-8(15(2)3)6-10(9)18-13(17)11(7)12(14)16/h4-6H,1-3H3,(H2,14,16). The molecular weight excluding hydrogens is 232 g/mol. The van der Waals surface area contributed by atoms with E-state index in [4.69, 9.17) is 10.2 Å². The molecule has 0 aliphatic carbocycles. The number of fused-ring (bicyclic) bond motifs is 1. The number of carbonyl (C=O) groups excluding carboxylic acids is 1. The summed E-state index contributed by atoms with van der Waals surface area (Å²) in [5.74, 6) is -0.764. The number of amides is 1. The summed E-state index contributed by atoms with van der Waals surface area (Å²) in [7, 11) is 3.79. The Bertz CT molecular complexity index is 686. The lowest BCUT2D eigenvalue weighted by Crippen LogP contribution is -2.22. The lowest BCUT2D eigenvalue weighted by atomic mass is 10.1. The Hall–Kier alpha value is -2.30. The summed E-state index contributed by atoms with van der Waals surface area (Å²) in [6.07, 6.45) is 0. The van der Waals surface area contributed by atoms with Crippen LogP contribution in [0.2, 0.25) is 0 Å². The van der Waals surface area contributed by atoms with Crippen LogP contribution in [0.5, 0.6) is 0 Å². The van der Waals surface area contributed by atoms with Gasteiger partial charge >= 0.3 is 5.63 Å². The summed E-state index contributed by atoms with van der Waals surface area (Å²) in [5, 5.41) is 0.717. The summed E-state index contributed by atoms with van der Waals surface area (Å²) in [6, 6.07) is 5.46. The average molecular weight is 246 g/mol. The normalized spacial score (nSPS) is 10.6. The Morgan fingerprint density at radius 2 is 2.00 bits per heavy atom. The molecule has 18 heavy (non-hydrogen) atoms. The Balaban J connectivity index is 2.82. The minimum Gasteiger partial charge on any atom is -0.422 e. The van der Waals surface area contributed by atoms with Crippen molar-refractivity contribution in [1.29, 1.82) is 0 Å². The maximum atomic E-state index is 11.7. The molecule has 5 nitrogen and oxygen atoms in total. The molecule has 1 amide bonds. The van der Waals surface area contributed by atoms with E-state index in [-0.39, 0.29) is 5.56 Å². The van der Waals surface area contributed by atoms with E-state index < -0.39 is 11.5 Å². The maximum absolute atomic E-state index is 11.7. The third-order valence-electron chi connectivity index (χ3n) is 2.91. The number of rotatable bonds is 2. The molecule has 0 bridgehead atoms. The minimum atomic E-state index is -0.764. The van der Waals surface area contributed by atoms with Gasteiger partial charge in [-0.25, -0.2) is 4.79 Å². The molecule has 0 saturated heterocycles. The van der Waals surface area contributed by atoms with Crippen molar-refractivity contribution in [2.24, 2.45) is 5.73 Å². The molecule has 5 heteroatoms. The third kappa shape index (κ3) is 1.84. The molecular formula is C13H14N2O3. The van der Waals surface area contributed by atoms with Crippen LogP contribution in [0, 0.1) is 6.92 Å². The molecule has 0 spiro atoms. The molecule has 0 aliphatic heterocycles. The van der Waals surface area contributed by atoms with Crippen LogP contribution in [-0.2, 0) is 0 Å². The van der Waals surface area contributed by atoms with Crippen LogP contribution in [0.3, 0.4) is 0 Å². The smallest absolute Gasteiger partial charge is 0.349 e. The van der Waals surface area contributed by atoms with E-state index in [2.05, 4.69) is 0 Å². The highest BCUT2D eigenvalue weighted by Crippen LogP contribution is 2.23. The van der Waals surface area contributed by atoms with Crippen LogP contribution < -0.4 is 16.3 Å². The molecule has 0 saturated carbocycles. The molecule has 2 N–H and O–H groups in total. The zero-order valence-corrected chi connectivity index (χ0v) is 10.5. The van der Waals surface area contributed by atoms with Crippen LogP contribution in [-0.4, -0.2) is 20.0 Å². The third-order valence-corrected chi connectivity index (χ3v) is 2.91. The van der Waals surface area contributed by atoms with Crippen molar-refractivity contribution in [2.75, 3.05) is 19.0 Å². The highest BCUT2D eigenvalue weighted by molar-refractivity contribution is 5.98. The molecule has 0 radical (unpaired) electrons. The maximum Gasteiger partial charge on any atom is 0.349 e. The number of nitrogens with two attached hydrogens (primary N) is 1. The fourth-order valence-electron chi connectivity index (χ4n) is 1.91. The highest BCUT2D eigenvalue weighted by atomic mass is 16.4. The summed E-state index contributed by atoms with van der Waals surface area (Å²) in [4.78, 5) is 24.8. The van der Waals surface area contributed by atoms with Gasteiger partial charge in [-0.05, 0) is 24.6 Å². The van der Waals surface area contributed by atoms with Gasteiger partial charge < -0.3 is 15.1 Å². The second-order valence-corrected chi connectivity index (χ2v) is 4.33. The molecule has 0 aliphatic rings. The fraction of sp³-hybridized carbons (Fsp3) is 0.231. The fourth-order valence-corrected chi connectivity index (χ4v) is 1.91. The van der Waals surface area contributed by atoms with E-state index in [0.717, 1.165) is 5.69 Å². The van der Waals surface area contributed by atoms with Gasteiger partial charge in [-0.15, -0.1) is 0 Å². The average Bonchev–Trinajstić information content (AvgIpc) is 2.27. The highest BCUT2D eigenvalue weighted by Gasteiger charge is 2.16. The molecule has 1 heterocycles. The lowest BCUT2D eigenvalue weighted by molar-refractivity contribution is 0.0996.